The fourth-order valence-corrected chi connectivity index (χ4v) is 2.59. The molecule has 0 radical (unpaired) electrons. The highest BCUT2D eigenvalue weighted by atomic mass is 16.3. The lowest BCUT2D eigenvalue weighted by Gasteiger charge is -2.17. The zero-order chi connectivity index (χ0) is 12.5. The lowest BCUT2D eigenvalue weighted by molar-refractivity contribution is 0.469. The first-order chi connectivity index (χ1) is 8.75. The molecule has 0 spiro atoms. The molecule has 3 heteroatoms. The quantitative estimate of drug-likeness (QED) is 0.847. The van der Waals surface area contributed by atoms with Crippen LogP contribution in [-0.4, -0.2) is 10.1 Å². The highest BCUT2D eigenvalue weighted by Gasteiger charge is 2.24. The van der Waals surface area contributed by atoms with Gasteiger partial charge in [0.2, 0.25) is 0 Å². The van der Waals surface area contributed by atoms with Gasteiger partial charge >= 0.3 is 0 Å². The SMILES string of the molecule is Cc1ccncc1NC1CCc2c(O)cccc21. The summed E-state index contributed by atoms with van der Waals surface area (Å²) >= 11 is 0. The molecule has 1 aliphatic rings. The molecule has 0 saturated carbocycles. The van der Waals surface area contributed by atoms with Crippen molar-refractivity contribution in [3.8, 4) is 5.75 Å². The molecule has 0 bridgehead atoms. The van der Waals surface area contributed by atoms with Crippen molar-refractivity contribution in [1.82, 2.24) is 4.98 Å². The Balaban J connectivity index is 1.90. The van der Waals surface area contributed by atoms with Crippen LogP contribution in [0.1, 0.15) is 29.2 Å². The van der Waals surface area contributed by atoms with Crippen LogP contribution in [0, 0.1) is 6.92 Å². The van der Waals surface area contributed by atoms with E-state index in [2.05, 4.69) is 23.3 Å². The summed E-state index contributed by atoms with van der Waals surface area (Å²) in [5.74, 6) is 0.416. The first kappa shape index (κ1) is 11.1. The number of aromatic nitrogens is 1. The topological polar surface area (TPSA) is 45.2 Å². The largest absolute Gasteiger partial charge is 0.508 e. The van der Waals surface area contributed by atoms with Gasteiger partial charge in [-0.25, -0.2) is 0 Å². The third kappa shape index (κ3) is 1.82. The average molecular weight is 240 g/mol. The van der Waals surface area contributed by atoms with Gasteiger partial charge in [-0.3, -0.25) is 4.98 Å². The number of hydrogen-bond acceptors (Lipinski definition) is 3. The average Bonchev–Trinajstić information content (AvgIpc) is 2.77. The molecular weight excluding hydrogens is 224 g/mol. The fraction of sp³-hybridized carbons (Fsp3) is 0.267. The van der Waals surface area contributed by atoms with E-state index < -0.39 is 0 Å². The Hall–Kier alpha value is -2.03. The van der Waals surface area contributed by atoms with E-state index in [9.17, 15) is 5.11 Å². The minimum atomic E-state index is 0.273. The maximum Gasteiger partial charge on any atom is 0.119 e. The fourth-order valence-electron chi connectivity index (χ4n) is 2.59. The number of aromatic hydroxyl groups is 1. The van der Waals surface area contributed by atoms with Gasteiger partial charge in [-0.15, -0.1) is 0 Å². The summed E-state index contributed by atoms with van der Waals surface area (Å²) in [7, 11) is 0. The van der Waals surface area contributed by atoms with Crippen molar-refractivity contribution in [3.63, 3.8) is 0 Å². The lowest BCUT2D eigenvalue weighted by atomic mass is 10.1. The molecule has 0 aliphatic heterocycles. The van der Waals surface area contributed by atoms with Crippen LogP contribution < -0.4 is 5.32 Å². The number of hydrogen-bond donors (Lipinski definition) is 2. The van der Waals surface area contributed by atoms with E-state index in [0.29, 0.717) is 5.75 Å². The molecule has 2 N–H and O–H groups in total. The minimum absolute atomic E-state index is 0.273. The third-order valence-electron chi connectivity index (χ3n) is 3.61. The summed E-state index contributed by atoms with van der Waals surface area (Å²) in [4.78, 5) is 4.15. The number of rotatable bonds is 2. The number of phenols is 1. The summed E-state index contributed by atoms with van der Waals surface area (Å²) in [6.07, 6.45) is 5.60. The van der Waals surface area contributed by atoms with Crippen LogP contribution in [0.15, 0.2) is 36.7 Å². The van der Waals surface area contributed by atoms with Gasteiger partial charge in [-0.1, -0.05) is 12.1 Å². The van der Waals surface area contributed by atoms with Crippen molar-refractivity contribution in [2.45, 2.75) is 25.8 Å². The van der Waals surface area contributed by atoms with E-state index in [4.69, 9.17) is 0 Å². The summed E-state index contributed by atoms with van der Waals surface area (Å²) in [6, 6.07) is 8.03. The van der Waals surface area contributed by atoms with E-state index in [-0.39, 0.29) is 6.04 Å². The standard InChI is InChI=1S/C15H16N2O/c1-10-7-8-16-9-14(10)17-13-6-5-12-11(13)3-2-4-15(12)18/h2-4,7-9,13,17-18H,5-6H2,1H3. The van der Waals surface area contributed by atoms with Gasteiger partial charge in [-0.2, -0.15) is 0 Å². The Morgan fingerprint density at radius 3 is 3.06 bits per heavy atom. The Bertz CT molecular complexity index is 580. The van der Waals surface area contributed by atoms with Crippen molar-refractivity contribution in [2.24, 2.45) is 0 Å². The zero-order valence-electron chi connectivity index (χ0n) is 10.4. The number of benzene rings is 1. The number of nitrogens with one attached hydrogen (secondary N) is 1. The molecule has 0 saturated heterocycles. The van der Waals surface area contributed by atoms with Crippen LogP contribution in [0.5, 0.6) is 5.75 Å². The molecular formula is C15H16N2O. The molecule has 3 nitrogen and oxygen atoms in total. The molecule has 1 aromatic heterocycles. The van der Waals surface area contributed by atoms with Crippen molar-refractivity contribution in [1.29, 1.82) is 0 Å². The molecule has 1 atom stereocenters. The molecule has 1 aliphatic carbocycles. The summed E-state index contributed by atoms with van der Waals surface area (Å²) < 4.78 is 0. The molecule has 0 amide bonds. The van der Waals surface area contributed by atoms with Crippen LogP contribution in [0.2, 0.25) is 0 Å². The van der Waals surface area contributed by atoms with E-state index in [1.807, 2.05) is 18.3 Å². The first-order valence-electron chi connectivity index (χ1n) is 6.23. The van der Waals surface area contributed by atoms with E-state index >= 15 is 0 Å². The maximum absolute atomic E-state index is 9.83. The zero-order valence-corrected chi connectivity index (χ0v) is 10.4. The Morgan fingerprint density at radius 1 is 1.33 bits per heavy atom. The van der Waals surface area contributed by atoms with Crippen LogP contribution in [-0.2, 0) is 6.42 Å². The van der Waals surface area contributed by atoms with Crippen LogP contribution in [0.25, 0.3) is 0 Å². The highest BCUT2D eigenvalue weighted by molar-refractivity contribution is 5.53. The van der Waals surface area contributed by atoms with Gasteiger partial charge < -0.3 is 10.4 Å². The van der Waals surface area contributed by atoms with Gasteiger partial charge in [-0.05, 0) is 48.6 Å². The minimum Gasteiger partial charge on any atom is -0.508 e. The lowest BCUT2D eigenvalue weighted by Crippen LogP contribution is -2.08. The van der Waals surface area contributed by atoms with E-state index in [0.717, 1.165) is 24.1 Å². The third-order valence-corrected chi connectivity index (χ3v) is 3.61. The Labute approximate surface area is 107 Å². The van der Waals surface area contributed by atoms with Crippen LogP contribution in [0.4, 0.5) is 5.69 Å². The molecule has 2 aromatic rings. The van der Waals surface area contributed by atoms with Crippen molar-refractivity contribution in [3.05, 3.63) is 53.3 Å². The molecule has 92 valence electrons. The summed E-state index contributed by atoms with van der Waals surface area (Å²) in [5, 5.41) is 13.3. The summed E-state index contributed by atoms with van der Waals surface area (Å²) in [5.41, 5.74) is 4.55. The monoisotopic (exact) mass is 240 g/mol. The second-order valence-electron chi connectivity index (χ2n) is 4.77. The second-order valence-corrected chi connectivity index (χ2v) is 4.77. The van der Waals surface area contributed by atoms with Gasteiger partial charge in [0.25, 0.3) is 0 Å². The van der Waals surface area contributed by atoms with Crippen molar-refractivity contribution >= 4 is 5.69 Å². The second kappa shape index (κ2) is 4.33. The maximum atomic E-state index is 9.83. The van der Waals surface area contributed by atoms with Gasteiger partial charge in [0, 0.05) is 6.20 Å². The smallest absolute Gasteiger partial charge is 0.119 e. The molecule has 3 rings (SSSR count). The van der Waals surface area contributed by atoms with Gasteiger partial charge in [0.05, 0.1) is 17.9 Å². The number of fused-ring (bicyclic) bond motifs is 1. The number of phenolic OH excluding ortho intramolecular Hbond substituents is 1. The van der Waals surface area contributed by atoms with Crippen molar-refractivity contribution < 1.29 is 5.11 Å². The predicted molar refractivity (Wildman–Crippen MR) is 71.8 cm³/mol. The first-order valence-corrected chi connectivity index (χ1v) is 6.23. The molecule has 1 aromatic carbocycles. The van der Waals surface area contributed by atoms with Crippen molar-refractivity contribution in [2.75, 3.05) is 5.32 Å². The Kier molecular flexibility index (Phi) is 2.67. The number of aryl methyl sites for hydroxylation is 1. The van der Waals surface area contributed by atoms with Gasteiger partial charge in [0.1, 0.15) is 5.75 Å². The highest BCUT2D eigenvalue weighted by Crippen LogP contribution is 2.38. The number of anilines is 1. The predicted octanol–water partition coefficient (Wildman–Crippen LogP) is 3.20. The normalized spacial score (nSPS) is 17.5. The van der Waals surface area contributed by atoms with Gasteiger partial charge in [0.15, 0.2) is 0 Å². The Morgan fingerprint density at radius 2 is 2.22 bits per heavy atom. The molecule has 1 heterocycles. The molecule has 18 heavy (non-hydrogen) atoms. The van der Waals surface area contributed by atoms with Crippen LogP contribution >= 0.6 is 0 Å². The number of pyridine rings is 1. The molecule has 1 unspecified atom stereocenters. The number of nitrogens with zero attached hydrogens (tertiary/aromatic N) is 1. The van der Waals surface area contributed by atoms with E-state index in [1.54, 1.807) is 12.3 Å². The molecule has 0 fully saturated rings. The van der Waals surface area contributed by atoms with Crippen LogP contribution in [0.3, 0.4) is 0 Å². The van der Waals surface area contributed by atoms with E-state index in [1.165, 1.54) is 11.1 Å². The summed E-state index contributed by atoms with van der Waals surface area (Å²) in [6.45, 7) is 2.07.